The van der Waals surface area contributed by atoms with Crippen molar-refractivity contribution >= 4 is 17.2 Å². The Balaban J connectivity index is 1.71. The SMILES string of the molecule is CCCc1cc(C(=O)N2CCN(C)C3(CCN(C)CC3)C2)cs1. The Hall–Kier alpha value is -0.910. The lowest BCUT2D eigenvalue weighted by molar-refractivity contribution is -0.0170. The number of piperidine rings is 1. The molecule has 2 saturated heterocycles. The monoisotopic (exact) mass is 335 g/mol. The summed E-state index contributed by atoms with van der Waals surface area (Å²) in [5.41, 5.74) is 1.08. The first-order valence-corrected chi connectivity index (χ1v) is 9.68. The van der Waals surface area contributed by atoms with Crippen LogP contribution in [0, 0.1) is 0 Å². The maximum absolute atomic E-state index is 12.9. The summed E-state index contributed by atoms with van der Waals surface area (Å²) < 4.78 is 0. The molecule has 1 spiro atoms. The fourth-order valence-electron chi connectivity index (χ4n) is 3.86. The van der Waals surface area contributed by atoms with E-state index in [0.29, 0.717) is 0 Å². The van der Waals surface area contributed by atoms with Crippen molar-refractivity contribution in [1.82, 2.24) is 14.7 Å². The number of carbonyl (C=O) groups excluding carboxylic acids is 1. The first-order chi connectivity index (χ1) is 11.0. The molecule has 0 atom stereocenters. The average Bonchev–Trinajstić information content (AvgIpc) is 3.01. The largest absolute Gasteiger partial charge is 0.335 e. The Kier molecular flexibility index (Phi) is 5.09. The minimum Gasteiger partial charge on any atom is -0.335 e. The highest BCUT2D eigenvalue weighted by Gasteiger charge is 2.42. The van der Waals surface area contributed by atoms with Gasteiger partial charge in [-0.1, -0.05) is 13.3 Å². The molecular weight excluding hydrogens is 306 g/mol. The van der Waals surface area contributed by atoms with Gasteiger partial charge in [-0.05, 0) is 52.5 Å². The van der Waals surface area contributed by atoms with Gasteiger partial charge in [0.2, 0.25) is 0 Å². The topological polar surface area (TPSA) is 26.8 Å². The fourth-order valence-corrected chi connectivity index (χ4v) is 4.83. The third-order valence-corrected chi connectivity index (χ3v) is 6.60. The minimum atomic E-state index is 0.183. The number of hydrogen-bond acceptors (Lipinski definition) is 4. The summed E-state index contributed by atoms with van der Waals surface area (Å²) in [6, 6.07) is 2.11. The molecule has 0 unspecified atom stereocenters. The van der Waals surface area contributed by atoms with Gasteiger partial charge in [0.05, 0.1) is 5.56 Å². The molecular formula is C18H29N3OS. The second-order valence-electron chi connectivity index (χ2n) is 7.23. The molecule has 0 N–H and O–H groups in total. The Bertz CT molecular complexity index is 548. The van der Waals surface area contributed by atoms with Crippen molar-refractivity contribution in [1.29, 1.82) is 0 Å². The molecule has 0 aromatic carbocycles. The predicted octanol–water partition coefficient (Wildman–Crippen LogP) is 2.55. The number of thiophene rings is 1. The number of likely N-dealkylation sites (tertiary alicyclic amines) is 1. The number of hydrogen-bond donors (Lipinski definition) is 0. The van der Waals surface area contributed by atoms with E-state index in [0.717, 1.165) is 64.0 Å². The van der Waals surface area contributed by atoms with E-state index in [2.05, 4.69) is 41.8 Å². The third-order valence-electron chi connectivity index (χ3n) is 5.60. The molecule has 0 saturated carbocycles. The fraction of sp³-hybridized carbons (Fsp3) is 0.722. The maximum Gasteiger partial charge on any atom is 0.254 e. The highest BCUT2D eigenvalue weighted by molar-refractivity contribution is 7.10. The zero-order valence-electron chi connectivity index (χ0n) is 14.7. The van der Waals surface area contributed by atoms with Gasteiger partial charge in [-0.2, -0.15) is 0 Å². The number of nitrogens with zero attached hydrogens (tertiary/aromatic N) is 3. The molecule has 128 valence electrons. The average molecular weight is 336 g/mol. The molecule has 1 aromatic heterocycles. The second-order valence-corrected chi connectivity index (χ2v) is 8.22. The summed E-state index contributed by atoms with van der Waals surface area (Å²) >= 11 is 1.73. The van der Waals surface area contributed by atoms with E-state index in [1.165, 1.54) is 4.88 Å². The van der Waals surface area contributed by atoms with Crippen LogP contribution in [0.15, 0.2) is 11.4 Å². The maximum atomic E-state index is 12.9. The molecule has 2 fully saturated rings. The van der Waals surface area contributed by atoms with Gasteiger partial charge in [-0.15, -0.1) is 11.3 Å². The summed E-state index contributed by atoms with van der Waals surface area (Å²) in [6.45, 7) is 7.17. The molecule has 5 heteroatoms. The molecule has 3 heterocycles. The molecule has 1 amide bonds. The van der Waals surface area contributed by atoms with Crippen molar-refractivity contribution in [2.75, 3.05) is 46.8 Å². The van der Waals surface area contributed by atoms with E-state index in [-0.39, 0.29) is 11.4 Å². The van der Waals surface area contributed by atoms with Crippen LogP contribution in [0.1, 0.15) is 41.4 Å². The van der Waals surface area contributed by atoms with Crippen molar-refractivity contribution < 1.29 is 4.79 Å². The number of amides is 1. The van der Waals surface area contributed by atoms with Gasteiger partial charge in [0, 0.05) is 35.4 Å². The minimum absolute atomic E-state index is 0.183. The molecule has 1 aromatic rings. The van der Waals surface area contributed by atoms with Crippen molar-refractivity contribution in [3.63, 3.8) is 0 Å². The summed E-state index contributed by atoms with van der Waals surface area (Å²) in [4.78, 5) is 21.2. The number of likely N-dealkylation sites (N-methyl/N-ethyl adjacent to an activating group) is 1. The van der Waals surface area contributed by atoms with Crippen LogP contribution in [0.4, 0.5) is 0 Å². The number of rotatable bonds is 3. The van der Waals surface area contributed by atoms with Crippen LogP contribution in [-0.4, -0.2) is 73.0 Å². The Morgan fingerprint density at radius 2 is 1.96 bits per heavy atom. The van der Waals surface area contributed by atoms with Crippen LogP contribution >= 0.6 is 11.3 Å². The quantitative estimate of drug-likeness (QED) is 0.849. The highest BCUT2D eigenvalue weighted by Crippen LogP contribution is 2.32. The van der Waals surface area contributed by atoms with E-state index in [1.807, 2.05) is 5.38 Å². The second kappa shape index (κ2) is 6.91. The van der Waals surface area contributed by atoms with Gasteiger partial charge in [0.25, 0.3) is 5.91 Å². The van der Waals surface area contributed by atoms with E-state index >= 15 is 0 Å². The van der Waals surface area contributed by atoms with E-state index in [4.69, 9.17) is 0 Å². The first-order valence-electron chi connectivity index (χ1n) is 8.80. The van der Waals surface area contributed by atoms with Gasteiger partial charge in [0.15, 0.2) is 0 Å². The van der Waals surface area contributed by atoms with Crippen LogP contribution in [0.5, 0.6) is 0 Å². The molecule has 0 aliphatic carbocycles. The molecule has 3 rings (SSSR count). The van der Waals surface area contributed by atoms with Gasteiger partial charge in [0.1, 0.15) is 0 Å². The molecule has 23 heavy (non-hydrogen) atoms. The summed E-state index contributed by atoms with van der Waals surface area (Å²) in [6.07, 6.45) is 4.54. The van der Waals surface area contributed by atoms with Crippen LogP contribution in [0.2, 0.25) is 0 Å². The lowest BCUT2D eigenvalue weighted by atomic mass is 9.83. The van der Waals surface area contributed by atoms with Crippen molar-refractivity contribution in [3.8, 4) is 0 Å². The lowest BCUT2D eigenvalue weighted by Gasteiger charge is -2.52. The lowest BCUT2D eigenvalue weighted by Crippen LogP contribution is -2.64. The molecule has 2 aliphatic rings. The zero-order valence-corrected chi connectivity index (χ0v) is 15.5. The van der Waals surface area contributed by atoms with E-state index in [1.54, 1.807) is 11.3 Å². The van der Waals surface area contributed by atoms with Gasteiger partial charge in [-0.25, -0.2) is 0 Å². The number of aryl methyl sites for hydroxylation is 1. The summed E-state index contributed by atoms with van der Waals surface area (Å²) in [5.74, 6) is 0.231. The van der Waals surface area contributed by atoms with Gasteiger partial charge < -0.3 is 9.80 Å². The smallest absolute Gasteiger partial charge is 0.254 e. The van der Waals surface area contributed by atoms with Crippen LogP contribution in [-0.2, 0) is 6.42 Å². The van der Waals surface area contributed by atoms with Gasteiger partial charge in [-0.3, -0.25) is 9.69 Å². The van der Waals surface area contributed by atoms with Gasteiger partial charge >= 0.3 is 0 Å². The van der Waals surface area contributed by atoms with Crippen LogP contribution in [0.25, 0.3) is 0 Å². The van der Waals surface area contributed by atoms with Crippen molar-refractivity contribution in [3.05, 3.63) is 21.9 Å². The molecule has 0 radical (unpaired) electrons. The molecule has 0 bridgehead atoms. The van der Waals surface area contributed by atoms with E-state index < -0.39 is 0 Å². The third kappa shape index (κ3) is 3.47. The normalized spacial score (nSPS) is 22.7. The zero-order chi connectivity index (χ0) is 16.4. The van der Waals surface area contributed by atoms with Crippen LogP contribution in [0.3, 0.4) is 0 Å². The number of piperazine rings is 1. The predicted molar refractivity (Wildman–Crippen MR) is 96.3 cm³/mol. The van der Waals surface area contributed by atoms with Crippen LogP contribution < -0.4 is 0 Å². The first kappa shape index (κ1) is 16.9. The highest BCUT2D eigenvalue weighted by atomic mass is 32.1. The van der Waals surface area contributed by atoms with Crippen molar-refractivity contribution in [2.24, 2.45) is 0 Å². The Morgan fingerprint density at radius 1 is 1.22 bits per heavy atom. The number of carbonyl (C=O) groups is 1. The Morgan fingerprint density at radius 3 is 2.65 bits per heavy atom. The standard InChI is InChI=1S/C18H29N3OS/c1-4-5-16-12-15(13-23-16)17(22)21-11-10-20(3)18(14-21)6-8-19(2)9-7-18/h12-13H,4-11,14H2,1-3H3. The summed E-state index contributed by atoms with van der Waals surface area (Å²) in [5, 5.41) is 2.05. The molecule has 2 aliphatic heterocycles. The van der Waals surface area contributed by atoms with E-state index in [9.17, 15) is 4.79 Å². The summed E-state index contributed by atoms with van der Waals surface area (Å²) in [7, 11) is 4.43. The van der Waals surface area contributed by atoms with Crippen molar-refractivity contribution in [2.45, 2.75) is 38.1 Å². The Labute approximate surface area is 144 Å². The molecule has 4 nitrogen and oxygen atoms in total.